The Morgan fingerprint density at radius 2 is 1.26 bits per heavy atom. The minimum absolute atomic E-state index is 0.136. The maximum atomic E-state index is 11.0. The predicted octanol–water partition coefficient (Wildman–Crippen LogP) is 1.13. The van der Waals surface area contributed by atoms with E-state index in [2.05, 4.69) is 0 Å². The standard InChI is InChI=1S/C12H14O7/c1-17-12(18-2,19-3)9-5-7(10(13)14)4-8(6-9)11(15)16/h4-6H,1-3H3,(H,13,14)(H,15,16). The van der Waals surface area contributed by atoms with Crippen molar-refractivity contribution in [3.63, 3.8) is 0 Å². The van der Waals surface area contributed by atoms with Gasteiger partial charge in [-0.1, -0.05) is 0 Å². The molecule has 2 N–H and O–H groups in total. The van der Waals surface area contributed by atoms with Gasteiger partial charge in [0.2, 0.25) is 0 Å². The fourth-order valence-electron chi connectivity index (χ4n) is 1.65. The van der Waals surface area contributed by atoms with Crippen molar-refractivity contribution < 1.29 is 34.0 Å². The highest BCUT2D eigenvalue weighted by molar-refractivity contribution is 5.94. The minimum atomic E-state index is -1.66. The summed E-state index contributed by atoms with van der Waals surface area (Å²) in [6.07, 6.45) is 0. The van der Waals surface area contributed by atoms with Crippen LogP contribution in [-0.2, 0) is 20.2 Å². The van der Waals surface area contributed by atoms with E-state index in [1.54, 1.807) is 0 Å². The average Bonchev–Trinajstić information content (AvgIpc) is 2.41. The number of benzene rings is 1. The molecule has 0 aliphatic heterocycles. The molecule has 0 atom stereocenters. The summed E-state index contributed by atoms with van der Waals surface area (Å²) >= 11 is 0. The number of aromatic carboxylic acids is 2. The molecule has 0 fully saturated rings. The van der Waals surface area contributed by atoms with Crippen LogP contribution < -0.4 is 0 Å². The first kappa shape index (κ1) is 15.1. The van der Waals surface area contributed by atoms with Crippen molar-refractivity contribution in [3.8, 4) is 0 Å². The molecular weight excluding hydrogens is 256 g/mol. The molecule has 19 heavy (non-hydrogen) atoms. The molecule has 0 heterocycles. The number of hydrogen-bond acceptors (Lipinski definition) is 5. The van der Waals surface area contributed by atoms with Gasteiger partial charge in [0, 0.05) is 26.9 Å². The molecule has 0 aliphatic carbocycles. The van der Waals surface area contributed by atoms with Crippen molar-refractivity contribution in [2.45, 2.75) is 5.97 Å². The van der Waals surface area contributed by atoms with Crippen LogP contribution in [0.5, 0.6) is 0 Å². The number of carboxylic acids is 2. The summed E-state index contributed by atoms with van der Waals surface area (Å²) in [6.45, 7) is 0. The lowest BCUT2D eigenvalue weighted by atomic mass is 10.0. The van der Waals surface area contributed by atoms with Crippen molar-refractivity contribution in [1.82, 2.24) is 0 Å². The molecule has 0 spiro atoms. The maximum absolute atomic E-state index is 11.0. The predicted molar refractivity (Wildman–Crippen MR) is 63.1 cm³/mol. The van der Waals surface area contributed by atoms with E-state index >= 15 is 0 Å². The van der Waals surface area contributed by atoms with Gasteiger partial charge in [0.1, 0.15) is 0 Å². The zero-order valence-electron chi connectivity index (χ0n) is 10.7. The van der Waals surface area contributed by atoms with Crippen LogP contribution in [0.1, 0.15) is 26.3 Å². The number of ether oxygens (including phenoxy) is 3. The molecule has 104 valence electrons. The van der Waals surface area contributed by atoms with Gasteiger partial charge in [-0.3, -0.25) is 0 Å². The van der Waals surface area contributed by atoms with Gasteiger partial charge in [-0.25, -0.2) is 9.59 Å². The first-order valence-electron chi connectivity index (χ1n) is 5.17. The third-order valence-electron chi connectivity index (χ3n) is 2.59. The summed E-state index contributed by atoms with van der Waals surface area (Å²) in [5.41, 5.74) is -0.270. The lowest BCUT2D eigenvalue weighted by Gasteiger charge is -2.29. The molecule has 7 heteroatoms. The first-order chi connectivity index (χ1) is 8.90. The van der Waals surface area contributed by atoms with Crippen molar-refractivity contribution in [3.05, 3.63) is 34.9 Å². The Morgan fingerprint density at radius 3 is 1.53 bits per heavy atom. The van der Waals surface area contributed by atoms with Crippen molar-refractivity contribution in [2.24, 2.45) is 0 Å². The molecule has 1 rings (SSSR count). The van der Waals surface area contributed by atoms with E-state index in [1.165, 1.54) is 33.5 Å². The van der Waals surface area contributed by atoms with Crippen LogP contribution in [0.4, 0.5) is 0 Å². The number of carbonyl (C=O) groups is 2. The monoisotopic (exact) mass is 270 g/mol. The van der Waals surface area contributed by atoms with E-state index < -0.39 is 17.9 Å². The molecule has 0 amide bonds. The van der Waals surface area contributed by atoms with E-state index in [9.17, 15) is 9.59 Å². The quantitative estimate of drug-likeness (QED) is 0.747. The highest BCUT2D eigenvalue weighted by atomic mass is 16.9. The van der Waals surface area contributed by atoms with Crippen LogP contribution in [0.2, 0.25) is 0 Å². The Morgan fingerprint density at radius 1 is 0.895 bits per heavy atom. The van der Waals surface area contributed by atoms with Crippen LogP contribution >= 0.6 is 0 Å². The van der Waals surface area contributed by atoms with E-state index in [1.807, 2.05) is 0 Å². The Bertz CT molecular complexity index is 450. The number of hydrogen-bond donors (Lipinski definition) is 2. The van der Waals surface area contributed by atoms with Gasteiger partial charge in [0.05, 0.1) is 11.1 Å². The molecule has 0 bridgehead atoms. The lowest BCUT2D eigenvalue weighted by molar-refractivity contribution is -0.364. The molecule has 0 aliphatic rings. The molecule has 0 radical (unpaired) electrons. The zero-order chi connectivity index (χ0) is 14.6. The van der Waals surface area contributed by atoms with E-state index in [0.717, 1.165) is 6.07 Å². The fourth-order valence-corrected chi connectivity index (χ4v) is 1.65. The fraction of sp³-hybridized carbons (Fsp3) is 0.333. The Hall–Kier alpha value is -1.96. The molecular formula is C12H14O7. The van der Waals surface area contributed by atoms with Gasteiger partial charge in [-0.2, -0.15) is 0 Å². The van der Waals surface area contributed by atoms with Gasteiger partial charge in [0.15, 0.2) is 0 Å². The van der Waals surface area contributed by atoms with E-state index in [0.29, 0.717) is 0 Å². The van der Waals surface area contributed by atoms with E-state index in [4.69, 9.17) is 24.4 Å². The van der Waals surface area contributed by atoms with Crippen molar-refractivity contribution >= 4 is 11.9 Å². The highest BCUT2D eigenvalue weighted by Gasteiger charge is 2.34. The molecule has 0 aromatic heterocycles. The summed E-state index contributed by atoms with van der Waals surface area (Å²) in [5.74, 6) is -4.18. The van der Waals surface area contributed by atoms with Crippen molar-refractivity contribution in [1.29, 1.82) is 0 Å². The largest absolute Gasteiger partial charge is 0.478 e. The molecule has 0 unspecified atom stereocenters. The van der Waals surface area contributed by atoms with Gasteiger partial charge in [0.25, 0.3) is 0 Å². The molecule has 7 nitrogen and oxygen atoms in total. The topological polar surface area (TPSA) is 102 Å². The molecule has 1 aromatic carbocycles. The minimum Gasteiger partial charge on any atom is -0.478 e. The highest BCUT2D eigenvalue weighted by Crippen LogP contribution is 2.28. The Balaban J connectivity index is 3.49. The van der Waals surface area contributed by atoms with Crippen LogP contribution in [0.3, 0.4) is 0 Å². The molecule has 0 saturated carbocycles. The summed E-state index contributed by atoms with van der Waals surface area (Å²) in [6, 6.07) is 3.50. The third-order valence-corrected chi connectivity index (χ3v) is 2.59. The second-order valence-electron chi connectivity index (χ2n) is 3.58. The van der Waals surface area contributed by atoms with Gasteiger partial charge < -0.3 is 24.4 Å². The third kappa shape index (κ3) is 2.90. The van der Waals surface area contributed by atoms with Gasteiger partial charge >= 0.3 is 17.9 Å². The smallest absolute Gasteiger partial charge is 0.335 e. The summed E-state index contributed by atoms with van der Waals surface area (Å²) in [4.78, 5) is 22.0. The van der Waals surface area contributed by atoms with Crippen molar-refractivity contribution in [2.75, 3.05) is 21.3 Å². The Kier molecular flexibility index (Phi) is 4.60. The first-order valence-corrected chi connectivity index (χ1v) is 5.17. The summed E-state index contributed by atoms with van der Waals surface area (Å²) in [5, 5.41) is 18.0. The van der Waals surface area contributed by atoms with Crippen LogP contribution in [0.25, 0.3) is 0 Å². The van der Waals surface area contributed by atoms with E-state index in [-0.39, 0.29) is 16.7 Å². The normalized spacial score (nSPS) is 11.3. The Labute approximate surface area is 109 Å². The van der Waals surface area contributed by atoms with Crippen LogP contribution in [0, 0.1) is 0 Å². The summed E-state index contributed by atoms with van der Waals surface area (Å²) in [7, 11) is 3.88. The second kappa shape index (κ2) is 5.79. The van der Waals surface area contributed by atoms with Crippen LogP contribution in [-0.4, -0.2) is 43.5 Å². The number of rotatable bonds is 6. The molecule has 0 saturated heterocycles. The van der Waals surface area contributed by atoms with Gasteiger partial charge in [-0.05, 0) is 18.2 Å². The van der Waals surface area contributed by atoms with Crippen LogP contribution in [0.15, 0.2) is 18.2 Å². The maximum Gasteiger partial charge on any atom is 0.335 e. The van der Waals surface area contributed by atoms with Gasteiger partial charge in [-0.15, -0.1) is 0 Å². The zero-order valence-corrected chi connectivity index (χ0v) is 10.7. The number of carboxylic acid groups (broad SMARTS) is 2. The molecule has 1 aromatic rings. The number of methoxy groups -OCH3 is 3. The SMILES string of the molecule is COC(OC)(OC)c1cc(C(=O)O)cc(C(=O)O)c1. The lowest BCUT2D eigenvalue weighted by Crippen LogP contribution is -2.33. The summed E-state index contributed by atoms with van der Waals surface area (Å²) < 4.78 is 15.2. The second-order valence-corrected chi connectivity index (χ2v) is 3.58. The average molecular weight is 270 g/mol.